The van der Waals surface area contributed by atoms with Gasteiger partial charge in [0, 0.05) is 17.6 Å². The van der Waals surface area contributed by atoms with Gasteiger partial charge < -0.3 is 4.90 Å². The first-order valence-corrected chi connectivity index (χ1v) is 6.16. The van der Waals surface area contributed by atoms with E-state index in [4.69, 9.17) is 5.41 Å². The molecule has 2 unspecified atom stereocenters. The zero-order valence-corrected chi connectivity index (χ0v) is 10.1. The Balaban J connectivity index is 2.21. The van der Waals surface area contributed by atoms with Crippen LogP contribution in [0.15, 0.2) is 30.3 Å². The Morgan fingerprint density at radius 3 is 2.62 bits per heavy atom. The Hall–Kier alpha value is -1.31. The van der Waals surface area contributed by atoms with Gasteiger partial charge in [-0.1, -0.05) is 37.3 Å². The van der Waals surface area contributed by atoms with Crippen LogP contribution < -0.4 is 0 Å². The van der Waals surface area contributed by atoms with E-state index < -0.39 is 0 Å². The SMILES string of the molecule is CCC1CCC(C)N1C(=N)c1ccccc1. The minimum Gasteiger partial charge on any atom is -0.351 e. The summed E-state index contributed by atoms with van der Waals surface area (Å²) in [5.41, 5.74) is 1.04. The van der Waals surface area contributed by atoms with Gasteiger partial charge in [0.25, 0.3) is 0 Å². The van der Waals surface area contributed by atoms with Gasteiger partial charge in [0.2, 0.25) is 0 Å². The molecule has 1 aliphatic heterocycles. The van der Waals surface area contributed by atoms with Gasteiger partial charge in [0.05, 0.1) is 0 Å². The molecule has 0 bridgehead atoms. The molecule has 0 saturated carbocycles. The predicted molar refractivity (Wildman–Crippen MR) is 67.9 cm³/mol. The third-order valence-electron chi connectivity index (χ3n) is 3.56. The summed E-state index contributed by atoms with van der Waals surface area (Å²) in [6, 6.07) is 11.1. The lowest BCUT2D eigenvalue weighted by Crippen LogP contribution is -2.39. The molecule has 1 aromatic carbocycles. The zero-order valence-electron chi connectivity index (χ0n) is 10.1. The van der Waals surface area contributed by atoms with E-state index in [-0.39, 0.29) is 0 Å². The van der Waals surface area contributed by atoms with Crippen molar-refractivity contribution >= 4 is 5.84 Å². The van der Waals surface area contributed by atoms with Crippen LogP contribution in [0.3, 0.4) is 0 Å². The van der Waals surface area contributed by atoms with Crippen molar-refractivity contribution in [3.05, 3.63) is 35.9 Å². The van der Waals surface area contributed by atoms with Crippen LogP contribution in [-0.4, -0.2) is 22.8 Å². The van der Waals surface area contributed by atoms with E-state index in [9.17, 15) is 0 Å². The monoisotopic (exact) mass is 216 g/mol. The topological polar surface area (TPSA) is 27.1 Å². The third-order valence-corrected chi connectivity index (χ3v) is 3.56. The van der Waals surface area contributed by atoms with E-state index in [0.717, 1.165) is 12.0 Å². The van der Waals surface area contributed by atoms with Gasteiger partial charge in [0.15, 0.2) is 0 Å². The fourth-order valence-electron chi connectivity index (χ4n) is 2.62. The summed E-state index contributed by atoms with van der Waals surface area (Å²) in [6.07, 6.45) is 3.58. The second-order valence-electron chi connectivity index (χ2n) is 4.61. The van der Waals surface area contributed by atoms with Crippen molar-refractivity contribution in [2.24, 2.45) is 0 Å². The Morgan fingerprint density at radius 1 is 1.31 bits per heavy atom. The minimum atomic E-state index is 0.512. The Bertz CT molecular complexity index is 358. The zero-order chi connectivity index (χ0) is 11.5. The maximum Gasteiger partial charge on any atom is 0.128 e. The van der Waals surface area contributed by atoms with Crippen LogP contribution in [0, 0.1) is 5.41 Å². The number of nitrogens with zero attached hydrogens (tertiary/aromatic N) is 1. The summed E-state index contributed by atoms with van der Waals surface area (Å²) in [6.45, 7) is 4.45. The highest BCUT2D eigenvalue weighted by Gasteiger charge is 2.31. The fourth-order valence-corrected chi connectivity index (χ4v) is 2.62. The molecule has 0 amide bonds. The molecule has 0 spiro atoms. The molecule has 86 valence electrons. The quantitative estimate of drug-likeness (QED) is 0.596. The van der Waals surface area contributed by atoms with Crippen molar-refractivity contribution in [2.75, 3.05) is 0 Å². The molecular weight excluding hydrogens is 196 g/mol. The van der Waals surface area contributed by atoms with Crippen LogP contribution in [0.5, 0.6) is 0 Å². The van der Waals surface area contributed by atoms with E-state index in [0.29, 0.717) is 17.9 Å². The van der Waals surface area contributed by atoms with Gasteiger partial charge in [-0.25, -0.2) is 0 Å². The van der Waals surface area contributed by atoms with Crippen molar-refractivity contribution in [3.8, 4) is 0 Å². The number of rotatable bonds is 2. The van der Waals surface area contributed by atoms with Gasteiger partial charge in [-0.05, 0) is 26.2 Å². The number of hydrogen-bond acceptors (Lipinski definition) is 1. The van der Waals surface area contributed by atoms with E-state index in [1.165, 1.54) is 12.8 Å². The average molecular weight is 216 g/mol. The van der Waals surface area contributed by atoms with Crippen LogP contribution in [0.4, 0.5) is 0 Å². The average Bonchev–Trinajstić information content (AvgIpc) is 2.70. The smallest absolute Gasteiger partial charge is 0.128 e. The largest absolute Gasteiger partial charge is 0.351 e. The molecule has 1 aliphatic rings. The van der Waals surface area contributed by atoms with Crippen molar-refractivity contribution in [2.45, 2.75) is 45.2 Å². The molecule has 2 atom stereocenters. The van der Waals surface area contributed by atoms with E-state index in [1.54, 1.807) is 0 Å². The molecule has 2 rings (SSSR count). The summed E-state index contributed by atoms with van der Waals surface area (Å²) in [4.78, 5) is 2.29. The number of nitrogens with one attached hydrogen (secondary N) is 1. The molecule has 1 N–H and O–H groups in total. The standard InChI is InChI=1S/C14H20N2/c1-3-13-10-9-11(2)16(13)14(15)12-7-5-4-6-8-12/h4-8,11,13,15H,3,9-10H2,1-2H3. The van der Waals surface area contributed by atoms with E-state index in [2.05, 4.69) is 18.7 Å². The van der Waals surface area contributed by atoms with Gasteiger partial charge in [-0.15, -0.1) is 0 Å². The molecule has 1 heterocycles. The second kappa shape index (κ2) is 4.69. The lowest BCUT2D eigenvalue weighted by Gasteiger charge is -2.30. The molecule has 1 saturated heterocycles. The Kier molecular flexibility index (Phi) is 3.28. The number of hydrogen-bond donors (Lipinski definition) is 1. The number of amidine groups is 1. The van der Waals surface area contributed by atoms with Crippen LogP contribution >= 0.6 is 0 Å². The predicted octanol–water partition coefficient (Wildman–Crippen LogP) is 3.27. The molecule has 0 radical (unpaired) electrons. The second-order valence-corrected chi connectivity index (χ2v) is 4.61. The van der Waals surface area contributed by atoms with Gasteiger partial charge in [-0.3, -0.25) is 5.41 Å². The van der Waals surface area contributed by atoms with Crippen molar-refractivity contribution in [1.82, 2.24) is 4.90 Å². The molecule has 16 heavy (non-hydrogen) atoms. The highest BCUT2D eigenvalue weighted by Crippen LogP contribution is 2.27. The summed E-state index contributed by atoms with van der Waals surface area (Å²) < 4.78 is 0. The van der Waals surface area contributed by atoms with Crippen molar-refractivity contribution in [3.63, 3.8) is 0 Å². The first-order chi connectivity index (χ1) is 7.74. The first-order valence-electron chi connectivity index (χ1n) is 6.16. The van der Waals surface area contributed by atoms with Crippen LogP contribution in [0.2, 0.25) is 0 Å². The van der Waals surface area contributed by atoms with E-state index >= 15 is 0 Å². The molecule has 1 fully saturated rings. The molecule has 0 aliphatic carbocycles. The molecule has 0 aromatic heterocycles. The maximum absolute atomic E-state index is 8.32. The highest BCUT2D eigenvalue weighted by molar-refractivity contribution is 5.96. The normalized spacial score (nSPS) is 24.8. The molecule has 1 aromatic rings. The lowest BCUT2D eigenvalue weighted by atomic mass is 10.1. The molecular formula is C14H20N2. The van der Waals surface area contributed by atoms with Crippen molar-refractivity contribution in [1.29, 1.82) is 5.41 Å². The maximum atomic E-state index is 8.32. The molecule has 2 heteroatoms. The van der Waals surface area contributed by atoms with Crippen molar-refractivity contribution < 1.29 is 0 Å². The summed E-state index contributed by atoms with van der Waals surface area (Å²) in [7, 11) is 0. The fraction of sp³-hybridized carbons (Fsp3) is 0.500. The van der Waals surface area contributed by atoms with Gasteiger partial charge in [-0.2, -0.15) is 0 Å². The van der Waals surface area contributed by atoms with E-state index in [1.807, 2.05) is 30.3 Å². The summed E-state index contributed by atoms with van der Waals surface area (Å²) in [5.74, 6) is 0.692. The third kappa shape index (κ3) is 1.97. The van der Waals surface area contributed by atoms with Gasteiger partial charge in [0.1, 0.15) is 5.84 Å². The van der Waals surface area contributed by atoms with Gasteiger partial charge >= 0.3 is 0 Å². The highest BCUT2D eigenvalue weighted by atomic mass is 15.2. The molecule has 2 nitrogen and oxygen atoms in total. The first kappa shape index (κ1) is 11.2. The number of benzene rings is 1. The Labute approximate surface area is 97.8 Å². The Morgan fingerprint density at radius 2 is 2.00 bits per heavy atom. The minimum absolute atomic E-state index is 0.512. The summed E-state index contributed by atoms with van der Waals surface area (Å²) in [5, 5.41) is 8.32. The number of likely N-dealkylation sites (tertiary alicyclic amines) is 1. The van der Waals surface area contributed by atoms with Crippen LogP contribution in [-0.2, 0) is 0 Å². The van der Waals surface area contributed by atoms with Crippen LogP contribution in [0.1, 0.15) is 38.7 Å². The van der Waals surface area contributed by atoms with Crippen LogP contribution in [0.25, 0.3) is 0 Å². The lowest BCUT2D eigenvalue weighted by molar-refractivity contribution is 0.320. The summed E-state index contributed by atoms with van der Waals surface area (Å²) >= 11 is 0.